The number of hydrogen-bond acceptors (Lipinski definition) is 4. The van der Waals surface area contributed by atoms with Gasteiger partial charge in [0.1, 0.15) is 0 Å². The lowest BCUT2D eigenvalue weighted by Gasteiger charge is -2.38. The summed E-state index contributed by atoms with van der Waals surface area (Å²) in [5, 5.41) is 10.5. The van der Waals surface area contributed by atoms with E-state index < -0.39 is 0 Å². The smallest absolute Gasteiger partial charge is 0.258 e. The third-order valence-corrected chi connectivity index (χ3v) is 7.76. The number of allylic oxidation sites excluding steroid dienone is 1. The van der Waals surface area contributed by atoms with Gasteiger partial charge in [0.05, 0.1) is 12.0 Å². The molecule has 0 unspecified atom stereocenters. The van der Waals surface area contributed by atoms with Crippen LogP contribution in [-0.2, 0) is 24.3 Å². The zero-order valence-corrected chi connectivity index (χ0v) is 19.5. The largest absolute Gasteiger partial charge is 0.396 e. The van der Waals surface area contributed by atoms with Gasteiger partial charge in [-0.15, -0.1) is 0 Å². The van der Waals surface area contributed by atoms with E-state index in [9.17, 15) is 14.7 Å². The summed E-state index contributed by atoms with van der Waals surface area (Å²) in [4.78, 5) is 31.6. The summed E-state index contributed by atoms with van der Waals surface area (Å²) in [5.74, 6) is -0.427. The van der Waals surface area contributed by atoms with Crippen LogP contribution >= 0.6 is 0 Å². The molecule has 33 heavy (non-hydrogen) atoms. The van der Waals surface area contributed by atoms with Gasteiger partial charge in [-0.3, -0.25) is 14.5 Å². The Morgan fingerprint density at radius 1 is 1.18 bits per heavy atom. The van der Waals surface area contributed by atoms with E-state index in [1.54, 1.807) is 0 Å². The normalized spacial score (nSPS) is 26.5. The van der Waals surface area contributed by atoms with Gasteiger partial charge in [-0.2, -0.15) is 0 Å². The maximum absolute atomic E-state index is 14.0. The predicted octanol–water partition coefficient (Wildman–Crippen LogP) is 2.84. The van der Waals surface area contributed by atoms with Crippen molar-refractivity contribution in [2.75, 3.05) is 19.7 Å². The highest BCUT2D eigenvalue weighted by Gasteiger charge is 2.56. The Labute approximate surface area is 195 Å². The van der Waals surface area contributed by atoms with Crippen molar-refractivity contribution >= 4 is 12.0 Å². The van der Waals surface area contributed by atoms with Gasteiger partial charge >= 0.3 is 0 Å². The zero-order valence-electron chi connectivity index (χ0n) is 19.5. The van der Waals surface area contributed by atoms with Gasteiger partial charge in [-0.1, -0.05) is 43.3 Å². The van der Waals surface area contributed by atoms with Crippen LogP contribution in [0.3, 0.4) is 0 Å². The Balaban J connectivity index is 1.55. The van der Waals surface area contributed by atoms with E-state index in [0.29, 0.717) is 25.2 Å². The predicted molar refractivity (Wildman–Crippen MR) is 129 cm³/mol. The fraction of sp³-hybridized carbons (Fsp3) is 0.481. The lowest BCUT2D eigenvalue weighted by Crippen LogP contribution is -2.47. The maximum atomic E-state index is 14.0. The molecule has 5 rings (SSSR count). The molecule has 4 atom stereocenters. The van der Waals surface area contributed by atoms with Crippen molar-refractivity contribution < 1.29 is 9.90 Å². The first-order valence-corrected chi connectivity index (χ1v) is 12.2. The van der Waals surface area contributed by atoms with Crippen molar-refractivity contribution in [3.63, 3.8) is 0 Å². The minimum absolute atomic E-state index is 0.00608. The molecular weight excluding hydrogens is 414 g/mol. The molecule has 0 saturated carbocycles. The van der Waals surface area contributed by atoms with Gasteiger partial charge in [0, 0.05) is 49.5 Å². The average molecular weight is 448 g/mol. The molecule has 0 spiro atoms. The van der Waals surface area contributed by atoms with Crippen LogP contribution in [0.25, 0.3) is 6.08 Å². The van der Waals surface area contributed by atoms with E-state index in [4.69, 9.17) is 0 Å². The van der Waals surface area contributed by atoms with Crippen molar-refractivity contribution in [3.8, 4) is 0 Å². The molecule has 0 aliphatic carbocycles. The topological polar surface area (TPSA) is 65.8 Å². The van der Waals surface area contributed by atoms with E-state index >= 15 is 0 Å². The molecule has 1 N–H and O–H groups in total. The molecule has 6 heteroatoms. The standard InChI is InChI=1S/C27H33N3O3/c1-3-7-19-10-11-22-25-24(27(33)28-14-12-18-8-5-6-9-20(18)15-28)21(17-31)23(29(25)13-4-2)16-30(22)26(19)32/h3,5-11,21,23-25,31H,4,12-17H2,1-2H3/b7-3-/t21-,23-,24+,25+/m0/s1. The number of aliphatic hydroxyl groups excluding tert-OH is 1. The number of aromatic nitrogens is 1. The van der Waals surface area contributed by atoms with E-state index in [0.717, 1.165) is 25.1 Å². The molecule has 3 aliphatic heterocycles. The summed E-state index contributed by atoms with van der Waals surface area (Å²) in [6, 6.07) is 12.0. The highest BCUT2D eigenvalue weighted by atomic mass is 16.3. The van der Waals surface area contributed by atoms with Gasteiger partial charge in [0.2, 0.25) is 5.91 Å². The quantitative estimate of drug-likeness (QED) is 0.766. The number of carbonyl (C=O) groups is 1. The maximum Gasteiger partial charge on any atom is 0.258 e. The van der Waals surface area contributed by atoms with Crippen LogP contribution < -0.4 is 5.56 Å². The number of carbonyl (C=O) groups excluding carboxylic acids is 1. The second-order valence-electron chi connectivity index (χ2n) is 9.53. The van der Waals surface area contributed by atoms with E-state index in [1.807, 2.05) is 46.7 Å². The number of aliphatic hydroxyl groups is 1. The Morgan fingerprint density at radius 2 is 1.97 bits per heavy atom. The van der Waals surface area contributed by atoms with Crippen LogP contribution in [0.15, 0.2) is 47.3 Å². The molecule has 1 saturated heterocycles. The van der Waals surface area contributed by atoms with Crippen molar-refractivity contribution in [1.29, 1.82) is 0 Å². The van der Waals surface area contributed by atoms with Crippen molar-refractivity contribution in [3.05, 3.63) is 75.2 Å². The Bertz CT molecular complexity index is 1140. The lowest BCUT2D eigenvalue weighted by atomic mass is 9.85. The van der Waals surface area contributed by atoms with Crippen LogP contribution in [0, 0.1) is 11.8 Å². The molecular formula is C27H33N3O3. The van der Waals surface area contributed by atoms with Crippen LogP contribution in [0.5, 0.6) is 0 Å². The highest BCUT2D eigenvalue weighted by Crippen LogP contribution is 2.49. The van der Waals surface area contributed by atoms with E-state index in [-0.39, 0.29) is 42.0 Å². The summed E-state index contributed by atoms with van der Waals surface area (Å²) in [7, 11) is 0. The zero-order chi connectivity index (χ0) is 23.1. The molecule has 2 aromatic rings. The number of benzene rings is 1. The summed E-state index contributed by atoms with van der Waals surface area (Å²) in [5.41, 5.74) is 4.09. The number of pyridine rings is 1. The molecule has 2 bridgehead atoms. The minimum Gasteiger partial charge on any atom is -0.396 e. The number of hydrogen-bond donors (Lipinski definition) is 1. The van der Waals surface area contributed by atoms with Gasteiger partial charge in [0.25, 0.3) is 5.56 Å². The third-order valence-electron chi connectivity index (χ3n) is 7.76. The fourth-order valence-corrected chi connectivity index (χ4v) is 6.29. The summed E-state index contributed by atoms with van der Waals surface area (Å²) in [6.07, 6.45) is 5.53. The second-order valence-corrected chi connectivity index (χ2v) is 9.53. The highest BCUT2D eigenvalue weighted by molar-refractivity contribution is 5.81. The Hall–Kier alpha value is -2.70. The van der Waals surface area contributed by atoms with Crippen LogP contribution in [-0.4, -0.2) is 51.1 Å². The Kier molecular flexibility index (Phi) is 5.97. The van der Waals surface area contributed by atoms with Crippen molar-refractivity contribution in [2.24, 2.45) is 11.8 Å². The number of nitrogens with zero attached hydrogens (tertiary/aromatic N) is 3. The third kappa shape index (κ3) is 3.56. The molecule has 1 aromatic heterocycles. The molecule has 1 fully saturated rings. The molecule has 1 aromatic carbocycles. The summed E-state index contributed by atoms with van der Waals surface area (Å²) in [6.45, 7) is 6.68. The average Bonchev–Trinajstić information content (AvgIpc) is 3.04. The van der Waals surface area contributed by atoms with Crippen LogP contribution in [0.2, 0.25) is 0 Å². The first-order valence-electron chi connectivity index (χ1n) is 12.2. The van der Waals surface area contributed by atoms with Gasteiger partial charge in [-0.25, -0.2) is 0 Å². The van der Waals surface area contributed by atoms with E-state index in [2.05, 4.69) is 30.0 Å². The first-order chi connectivity index (χ1) is 16.1. The second kappa shape index (κ2) is 8.92. The fourth-order valence-electron chi connectivity index (χ4n) is 6.29. The molecule has 3 aliphatic rings. The monoisotopic (exact) mass is 447 g/mol. The molecule has 4 heterocycles. The first kappa shape index (κ1) is 22.1. The Morgan fingerprint density at radius 3 is 2.70 bits per heavy atom. The molecule has 1 amide bonds. The molecule has 6 nitrogen and oxygen atoms in total. The van der Waals surface area contributed by atoms with Crippen molar-refractivity contribution in [2.45, 2.75) is 51.9 Å². The number of fused-ring (bicyclic) bond motifs is 5. The molecule has 0 radical (unpaired) electrons. The lowest BCUT2D eigenvalue weighted by molar-refractivity contribution is -0.139. The van der Waals surface area contributed by atoms with E-state index in [1.165, 1.54) is 11.1 Å². The van der Waals surface area contributed by atoms with Crippen LogP contribution in [0.4, 0.5) is 0 Å². The van der Waals surface area contributed by atoms with Crippen molar-refractivity contribution in [1.82, 2.24) is 14.4 Å². The summed E-state index contributed by atoms with van der Waals surface area (Å²) >= 11 is 0. The number of amides is 1. The SMILES string of the molecule is C/C=C\c1ccc2n(c1=O)C[C@H]1[C@H](CO)[C@@H](C(=O)N3CCc4ccccc4C3)[C@@H]2N1CCC. The number of rotatable bonds is 5. The van der Waals surface area contributed by atoms with Gasteiger partial charge < -0.3 is 14.6 Å². The van der Waals surface area contributed by atoms with Gasteiger partial charge in [-0.05, 0) is 49.6 Å². The minimum atomic E-state index is -0.350. The van der Waals surface area contributed by atoms with Gasteiger partial charge in [0.15, 0.2) is 0 Å². The van der Waals surface area contributed by atoms with Crippen LogP contribution in [0.1, 0.15) is 48.7 Å². The molecule has 174 valence electrons. The summed E-state index contributed by atoms with van der Waals surface area (Å²) < 4.78 is 1.86.